The first kappa shape index (κ1) is 14.7. The fraction of sp³-hybridized carbons (Fsp3) is 0.385. The molecule has 0 aliphatic heterocycles. The van der Waals surface area contributed by atoms with Gasteiger partial charge in [-0.15, -0.1) is 11.6 Å². The third-order valence-electron chi connectivity index (χ3n) is 3.06. The number of esters is 1. The van der Waals surface area contributed by atoms with Gasteiger partial charge in [-0.3, -0.25) is 0 Å². The van der Waals surface area contributed by atoms with Gasteiger partial charge in [-0.05, 0) is 19.1 Å². The van der Waals surface area contributed by atoms with E-state index in [2.05, 4.69) is 9.72 Å². The van der Waals surface area contributed by atoms with Gasteiger partial charge < -0.3 is 9.30 Å². The molecular weight excluding hydrogens is 290 g/mol. The minimum atomic E-state index is -1.04. The molecule has 0 aliphatic rings. The van der Waals surface area contributed by atoms with Crippen molar-refractivity contribution in [2.24, 2.45) is 0 Å². The van der Waals surface area contributed by atoms with E-state index in [1.165, 1.54) is 24.7 Å². The van der Waals surface area contributed by atoms with E-state index < -0.39 is 23.6 Å². The maximum Gasteiger partial charge on any atom is 0.328 e. The fourth-order valence-corrected chi connectivity index (χ4v) is 2.29. The van der Waals surface area contributed by atoms with Crippen LogP contribution in [0.3, 0.4) is 0 Å². The van der Waals surface area contributed by atoms with Crippen LogP contribution >= 0.6 is 11.6 Å². The molecule has 1 aromatic heterocycles. The molecular formula is C13H13ClF2N2O2. The highest BCUT2D eigenvalue weighted by Gasteiger charge is 2.25. The quantitative estimate of drug-likeness (QED) is 0.644. The second-order valence-electron chi connectivity index (χ2n) is 4.27. The zero-order chi connectivity index (χ0) is 14.9. The summed E-state index contributed by atoms with van der Waals surface area (Å²) in [5, 5.41) is 0. The van der Waals surface area contributed by atoms with E-state index in [0.29, 0.717) is 12.2 Å². The van der Waals surface area contributed by atoms with Crippen molar-refractivity contribution in [1.82, 2.24) is 9.55 Å². The topological polar surface area (TPSA) is 44.1 Å². The lowest BCUT2D eigenvalue weighted by molar-refractivity contribution is -0.143. The maximum absolute atomic E-state index is 14.0. The predicted molar refractivity (Wildman–Crippen MR) is 70.8 cm³/mol. The van der Waals surface area contributed by atoms with E-state index in [-0.39, 0.29) is 16.9 Å². The summed E-state index contributed by atoms with van der Waals surface area (Å²) >= 11 is 5.69. The van der Waals surface area contributed by atoms with E-state index in [4.69, 9.17) is 11.6 Å². The standard InChI is InChI=1S/C13H13ClF2N2O2/c1-7(13(19)20-2)18-10(5-6-14)17-9-4-3-8(15)11(16)12(9)18/h3-4,7H,5-6H2,1-2H3. The van der Waals surface area contributed by atoms with Gasteiger partial charge in [-0.25, -0.2) is 18.6 Å². The summed E-state index contributed by atoms with van der Waals surface area (Å²) in [5.74, 6) is -1.93. The van der Waals surface area contributed by atoms with Crippen LogP contribution in [-0.4, -0.2) is 28.5 Å². The Hall–Kier alpha value is -1.69. The number of fused-ring (bicyclic) bond motifs is 1. The number of nitrogens with zero attached hydrogens (tertiary/aromatic N) is 2. The molecule has 0 aliphatic carbocycles. The average Bonchev–Trinajstić information content (AvgIpc) is 2.80. The first-order valence-corrected chi connectivity index (χ1v) is 6.53. The number of carbonyl (C=O) groups is 1. The number of hydrogen-bond donors (Lipinski definition) is 0. The normalized spacial score (nSPS) is 12.7. The van der Waals surface area contributed by atoms with Gasteiger partial charge in [0, 0.05) is 12.3 Å². The first-order valence-electron chi connectivity index (χ1n) is 5.99. The lowest BCUT2D eigenvalue weighted by Crippen LogP contribution is -2.20. The Balaban J connectivity index is 2.73. The Morgan fingerprint density at radius 3 is 2.80 bits per heavy atom. The van der Waals surface area contributed by atoms with Crippen LogP contribution in [0.2, 0.25) is 0 Å². The van der Waals surface area contributed by atoms with Gasteiger partial charge in [0.25, 0.3) is 0 Å². The maximum atomic E-state index is 14.0. The monoisotopic (exact) mass is 302 g/mol. The summed E-state index contributed by atoms with van der Waals surface area (Å²) < 4.78 is 33.4. The largest absolute Gasteiger partial charge is 0.467 e. The zero-order valence-electron chi connectivity index (χ0n) is 11.0. The van der Waals surface area contributed by atoms with Gasteiger partial charge in [0.1, 0.15) is 17.4 Å². The molecule has 0 fully saturated rings. The van der Waals surface area contributed by atoms with Crippen molar-refractivity contribution in [3.05, 3.63) is 29.6 Å². The van der Waals surface area contributed by atoms with Gasteiger partial charge in [0.15, 0.2) is 11.6 Å². The lowest BCUT2D eigenvalue weighted by atomic mass is 10.2. The highest BCUT2D eigenvalue weighted by atomic mass is 35.5. The van der Waals surface area contributed by atoms with Crippen LogP contribution < -0.4 is 0 Å². The number of ether oxygens (including phenoxy) is 1. The van der Waals surface area contributed by atoms with E-state index in [1.54, 1.807) is 0 Å². The molecule has 0 spiro atoms. The molecule has 0 radical (unpaired) electrons. The number of imidazole rings is 1. The highest BCUT2D eigenvalue weighted by Crippen LogP contribution is 2.26. The Bertz CT molecular complexity index is 657. The molecule has 2 aromatic rings. The van der Waals surface area contributed by atoms with Gasteiger partial charge >= 0.3 is 5.97 Å². The number of rotatable bonds is 4. The number of alkyl halides is 1. The van der Waals surface area contributed by atoms with Crippen LogP contribution in [0.5, 0.6) is 0 Å². The third-order valence-corrected chi connectivity index (χ3v) is 3.25. The van der Waals surface area contributed by atoms with Gasteiger partial charge in [0.2, 0.25) is 0 Å². The zero-order valence-corrected chi connectivity index (χ0v) is 11.7. The van der Waals surface area contributed by atoms with Crippen molar-refractivity contribution >= 4 is 28.6 Å². The number of aryl methyl sites for hydroxylation is 1. The van der Waals surface area contributed by atoms with Gasteiger partial charge in [-0.1, -0.05) is 0 Å². The SMILES string of the molecule is COC(=O)C(C)n1c(CCCl)nc2ccc(F)c(F)c21. The lowest BCUT2D eigenvalue weighted by Gasteiger charge is -2.15. The van der Waals surface area contributed by atoms with Crippen molar-refractivity contribution in [3.63, 3.8) is 0 Å². The first-order chi connectivity index (χ1) is 9.51. The molecule has 0 N–H and O–H groups in total. The third kappa shape index (κ3) is 2.35. The van der Waals surface area contributed by atoms with Crippen LogP contribution in [0.1, 0.15) is 18.8 Å². The highest BCUT2D eigenvalue weighted by molar-refractivity contribution is 6.17. The predicted octanol–water partition coefficient (Wildman–Crippen LogP) is 2.83. The van der Waals surface area contributed by atoms with Crippen LogP contribution in [0.25, 0.3) is 11.0 Å². The molecule has 4 nitrogen and oxygen atoms in total. The molecule has 1 atom stereocenters. The molecule has 20 heavy (non-hydrogen) atoms. The molecule has 0 saturated heterocycles. The van der Waals surface area contributed by atoms with Crippen molar-refractivity contribution in [2.75, 3.05) is 13.0 Å². The summed E-state index contributed by atoms with van der Waals surface area (Å²) in [7, 11) is 1.23. The Morgan fingerprint density at radius 2 is 2.20 bits per heavy atom. The summed E-state index contributed by atoms with van der Waals surface area (Å²) in [6.45, 7) is 1.54. The van der Waals surface area contributed by atoms with E-state index in [0.717, 1.165) is 6.07 Å². The molecule has 108 valence electrons. The average molecular weight is 303 g/mol. The molecule has 2 rings (SSSR count). The Morgan fingerprint density at radius 1 is 1.50 bits per heavy atom. The minimum Gasteiger partial charge on any atom is -0.467 e. The number of aromatic nitrogens is 2. The van der Waals surface area contributed by atoms with E-state index >= 15 is 0 Å². The number of benzene rings is 1. The number of hydrogen-bond acceptors (Lipinski definition) is 3. The van der Waals surface area contributed by atoms with E-state index in [1.807, 2.05) is 0 Å². The van der Waals surface area contributed by atoms with Crippen molar-refractivity contribution in [3.8, 4) is 0 Å². The summed E-state index contributed by atoms with van der Waals surface area (Å²) in [6, 6.07) is 1.55. The summed E-state index contributed by atoms with van der Waals surface area (Å²) in [4.78, 5) is 15.9. The van der Waals surface area contributed by atoms with Crippen LogP contribution in [-0.2, 0) is 16.0 Å². The van der Waals surface area contributed by atoms with Gasteiger partial charge in [-0.2, -0.15) is 0 Å². The molecule has 0 amide bonds. The number of halogens is 3. The molecule has 1 unspecified atom stereocenters. The molecule has 7 heteroatoms. The second-order valence-corrected chi connectivity index (χ2v) is 4.64. The van der Waals surface area contributed by atoms with Crippen molar-refractivity contribution in [1.29, 1.82) is 0 Å². The van der Waals surface area contributed by atoms with Crippen LogP contribution in [0.15, 0.2) is 12.1 Å². The minimum absolute atomic E-state index is 0.0528. The molecule has 0 bridgehead atoms. The summed E-state index contributed by atoms with van der Waals surface area (Å²) in [6.07, 6.45) is 0.332. The smallest absolute Gasteiger partial charge is 0.328 e. The number of methoxy groups -OCH3 is 1. The molecule has 1 heterocycles. The fourth-order valence-electron chi connectivity index (χ4n) is 2.13. The van der Waals surface area contributed by atoms with Crippen molar-refractivity contribution in [2.45, 2.75) is 19.4 Å². The molecule has 0 saturated carbocycles. The number of carbonyl (C=O) groups excluding carboxylic acids is 1. The second kappa shape index (κ2) is 5.75. The Kier molecular flexibility index (Phi) is 4.23. The molecule has 1 aromatic carbocycles. The summed E-state index contributed by atoms with van der Waals surface area (Å²) in [5.41, 5.74) is 0.225. The van der Waals surface area contributed by atoms with E-state index in [9.17, 15) is 13.6 Å². The van der Waals surface area contributed by atoms with Crippen LogP contribution in [0.4, 0.5) is 8.78 Å². The van der Waals surface area contributed by atoms with Crippen LogP contribution in [0, 0.1) is 11.6 Å². The van der Waals surface area contributed by atoms with Gasteiger partial charge in [0.05, 0.1) is 12.6 Å². The van der Waals surface area contributed by atoms with Crippen molar-refractivity contribution < 1.29 is 18.3 Å². The Labute approximate surface area is 119 Å².